The summed E-state index contributed by atoms with van der Waals surface area (Å²) in [4.78, 5) is 16.7. The van der Waals surface area contributed by atoms with E-state index in [4.69, 9.17) is 11.6 Å². The van der Waals surface area contributed by atoms with Crippen molar-refractivity contribution in [3.05, 3.63) is 79.8 Å². The highest BCUT2D eigenvalue weighted by atomic mass is 79.9. The zero-order valence-electron chi connectivity index (χ0n) is 12.5. The van der Waals surface area contributed by atoms with E-state index in [2.05, 4.69) is 33.2 Å². The first kappa shape index (κ1) is 16.2. The largest absolute Gasteiger partial charge is 0.305 e. The third-order valence-electron chi connectivity index (χ3n) is 3.64. The number of fused-ring (bicyclic) bond motifs is 1. The molecule has 0 saturated carbocycles. The van der Waals surface area contributed by atoms with Gasteiger partial charge in [0.1, 0.15) is 5.65 Å². The first-order chi connectivity index (χ1) is 11.0. The number of halogens is 2. The van der Waals surface area contributed by atoms with Gasteiger partial charge >= 0.3 is 0 Å². The fourth-order valence-corrected chi connectivity index (χ4v) is 2.81. The van der Waals surface area contributed by atoms with Crippen molar-refractivity contribution >= 4 is 33.2 Å². The molecule has 0 aliphatic heterocycles. The summed E-state index contributed by atoms with van der Waals surface area (Å²) in [6.07, 6.45) is 1.72. The number of hydrogen-bond donors (Lipinski definition) is 1. The minimum atomic E-state index is -0.0905. The molecule has 0 fully saturated rings. The van der Waals surface area contributed by atoms with Crippen LogP contribution < -0.4 is 10.9 Å². The molecule has 0 unspecified atom stereocenters. The molecule has 2 heterocycles. The van der Waals surface area contributed by atoms with Gasteiger partial charge in [-0.1, -0.05) is 23.7 Å². The fourth-order valence-electron chi connectivity index (χ4n) is 2.34. The molecule has 1 aromatic carbocycles. The van der Waals surface area contributed by atoms with E-state index in [9.17, 15) is 4.79 Å². The van der Waals surface area contributed by atoms with E-state index < -0.39 is 0 Å². The minimum absolute atomic E-state index is 0.0905. The van der Waals surface area contributed by atoms with Gasteiger partial charge in [0.15, 0.2) is 0 Å². The van der Waals surface area contributed by atoms with Crippen LogP contribution in [0.4, 0.5) is 0 Å². The number of aromatic nitrogens is 2. The second kappa shape index (κ2) is 6.83. The van der Waals surface area contributed by atoms with E-state index in [1.807, 2.05) is 36.4 Å². The summed E-state index contributed by atoms with van der Waals surface area (Å²) in [6, 6.07) is 13.1. The summed E-state index contributed by atoms with van der Waals surface area (Å²) < 4.78 is 2.37. The fraction of sp³-hybridized carbons (Fsp3) is 0.176. The van der Waals surface area contributed by atoms with Crippen LogP contribution in [0.5, 0.6) is 0 Å². The summed E-state index contributed by atoms with van der Waals surface area (Å²) in [5.41, 5.74) is 2.40. The zero-order chi connectivity index (χ0) is 16.4. The average molecular weight is 393 g/mol. The van der Waals surface area contributed by atoms with Gasteiger partial charge in [-0.15, -0.1) is 0 Å². The van der Waals surface area contributed by atoms with Gasteiger partial charge in [0.2, 0.25) is 0 Å². The van der Waals surface area contributed by atoms with Crippen molar-refractivity contribution in [2.75, 3.05) is 0 Å². The molecule has 2 aromatic heterocycles. The van der Waals surface area contributed by atoms with E-state index in [1.165, 1.54) is 4.40 Å². The number of nitrogens with one attached hydrogen (secondary N) is 1. The standard InChI is InChI=1S/C17H15BrClN3O/c1-11(12-2-5-14(19)6-3-12)20-9-15-8-17(23)22-10-13(18)4-7-16(22)21-15/h2-8,10-11,20H,9H2,1H3/t11-/m0/s1. The van der Waals surface area contributed by atoms with E-state index in [0.717, 1.165) is 20.8 Å². The molecule has 0 radical (unpaired) electrons. The van der Waals surface area contributed by atoms with Crippen LogP contribution in [-0.2, 0) is 6.54 Å². The molecule has 0 spiro atoms. The van der Waals surface area contributed by atoms with Crippen molar-refractivity contribution in [1.29, 1.82) is 0 Å². The predicted molar refractivity (Wildman–Crippen MR) is 95.9 cm³/mol. The topological polar surface area (TPSA) is 46.4 Å². The molecule has 0 bridgehead atoms. The van der Waals surface area contributed by atoms with Crippen molar-refractivity contribution in [3.63, 3.8) is 0 Å². The average Bonchev–Trinajstić information content (AvgIpc) is 2.54. The van der Waals surface area contributed by atoms with Gasteiger partial charge in [-0.25, -0.2) is 4.98 Å². The molecule has 0 amide bonds. The van der Waals surface area contributed by atoms with Crippen molar-refractivity contribution in [3.8, 4) is 0 Å². The Labute approximate surface area is 147 Å². The molecule has 3 rings (SSSR count). The van der Waals surface area contributed by atoms with Crippen LogP contribution in [0.2, 0.25) is 5.02 Å². The second-order valence-corrected chi connectivity index (χ2v) is 6.67. The van der Waals surface area contributed by atoms with Gasteiger partial charge in [-0.2, -0.15) is 0 Å². The third kappa shape index (κ3) is 3.80. The normalized spacial score (nSPS) is 12.5. The van der Waals surface area contributed by atoms with E-state index in [1.54, 1.807) is 12.3 Å². The molecule has 4 nitrogen and oxygen atoms in total. The highest BCUT2D eigenvalue weighted by Crippen LogP contribution is 2.16. The lowest BCUT2D eigenvalue weighted by Gasteiger charge is -2.14. The lowest BCUT2D eigenvalue weighted by atomic mass is 10.1. The van der Waals surface area contributed by atoms with Crippen LogP contribution >= 0.6 is 27.5 Å². The number of benzene rings is 1. The maximum absolute atomic E-state index is 12.2. The molecular weight excluding hydrogens is 378 g/mol. The molecule has 0 saturated heterocycles. The number of pyridine rings is 1. The second-order valence-electron chi connectivity index (χ2n) is 5.32. The van der Waals surface area contributed by atoms with Crippen LogP contribution in [-0.4, -0.2) is 9.38 Å². The van der Waals surface area contributed by atoms with Gasteiger partial charge in [0.05, 0.1) is 5.69 Å². The Morgan fingerprint density at radius 2 is 2.00 bits per heavy atom. The highest BCUT2D eigenvalue weighted by Gasteiger charge is 2.07. The van der Waals surface area contributed by atoms with Gasteiger partial charge in [0, 0.05) is 34.3 Å². The van der Waals surface area contributed by atoms with Gasteiger partial charge < -0.3 is 5.32 Å². The maximum Gasteiger partial charge on any atom is 0.258 e. The van der Waals surface area contributed by atoms with Gasteiger partial charge in [-0.3, -0.25) is 9.20 Å². The van der Waals surface area contributed by atoms with Crippen molar-refractivity contribution in [2.24, 2.45) is 0 Å². The van der Waals surface area contributed by atoms with Crippen LogP contribution in [0.3, 0.4) is 0 Å². The van der Waals surface area contributed by atoms with E-state index in [-0.39, 0.29) is 11.6 Å². The Kier molecular flexibility index (Phi) is 4.80. The molecule has 1 atom stereocenters. The van der Waals surface area contributed by atoms with Crippen molar-refractivity contribution in [1.82, 2.24) is 14.7 Å². The molecule has 0 aliphatic carbocycles. The first-order valence-corrected chi connectivity index (χ1v) is 8.37. The van der Waals surface area contributed by atoms with E-state index in [0.29, 0.717) is 12.2 Å². The molecule has 0 aliphatic rings. The van der Waals surface area contributed by atoms with Crippen LogP contribution in [0, 0.1) is 0 Å². The van der Waals surface area contributed by atoms with Gasteiger partial charge in [0.25, 0.3) is 5.56 Å². The van der Waals surface area contributed by atoms with Crippen molar-refractivity contribution < 1.29 is 0 Å². The lowest BCUT2D eigenvalue weighted by molar-refractivity contribution is 0.567. The third-order valence-corrected chi connectivity index (χ3v) is 4.36. The smallest absolute Gasteiger partial charge is 0.258 e. The Morgan fingerprint density at radius 3 is 2.74 bits per heavy atom. The summed E-state index contributed by atoms with van der Waals surface area (Å²) >= 11 is 9.26. The zero-order valence-corrected chi connectivity index (χ0v) is 14.8. The molecular formula is C17H15BrClN3O. The monoisotopic (exact) mass is 391 g/mol. The molecule has 1 N–H and O–H groups in total. The summed E-state index contributed by atoms with van der Waals surface area (Å²) in [6.45, 7) is 2.58. The van der Waals surface area contributed by atoms with Crippen LogP contribution in [0.1, 0.15) is 24.2 Å². The Bertz CT molecular complexity index is 892. The summed E-state index contributed by atoms with van der Waals surface area (Å²) in [7, 11) is 0. The lowest BCUT2D eigenvalue weighted by Crippen LogP contribution is -2.22. The van der Waals surface area contributed by atoms with E-state index >= 15 is 0 Å². The number of hydrogen-bond acceptors (Lipinski definition) is 3. The SMILES string of the molecule is C[C@H](NCc1cc(=O)n2cc(Br)ccc2n1)c1ccc(Cl)cc1. The molecule has 3 aromatic rings. The number of rotatable bonds is 4. The predicted octanol–water partition coefficient (Wildman–Crippen LogP) is 3.96. The Balaban J connectivity index is 1.78. The summed E-state index contributed by atoms with van der Waals surface area (Å²) in [5.74, 6) is 0. The maximum atomic E-state index is 12.2. The van der Waals surface area contributed by atoms with Crippen LogP contribution in [0.25, 0.3) is 5.65 Å². The minimum Gasteiger partial charge on any atom is -0.305 e. The van der Waals surface area contributed by atoms with Crippen molar-refractivity contribution in [2.45, 2.75) is 19.5 Å². The van der Waals surface area contributed by atoms with Crippen LogP contribution in [0.15, 0.2) is 57.9 Å². The number of nitrogens with zero attached hydrogens (tertiary/aromatic N) is 2. The molecule has 23 heavy (non-hydrogen) atoms. The quantitative estimate of drug-likeness (QED) is 0.731. The summed E-state index contributed by atoms with van der Waals surface area (Å²) in [5, 5.41) is 4.09. The first-order valence-electron chi connectivity index (χ1n) is 7.19. The Morgan fingerprint density at radius 1 is 1.26 bits per heavy atom. The molecule has 6 heteroatoms. The Hall–Kier alpha value is -1.69. The highest BCUT2D eigenvalue weighted by molar-refractivity contribution is 9.10. The molecule has 118 valence electrons. The van der Waals surface area contributed by atoms with Gasteiger partial charge in [-0.05, 0) is 52.7 Å².